The van der Waals surface area contributed by atoms with Gasteiger partial charge in [0, 0.05) is 12.4 Å². The van der Waals surface area contributed by atoms with E-state index in [1.807, 2.05) is 24.3 Å². The Bertz CT molecular complexity index is 461. The van der Waals surface area contributed by atoms with Gasteiger partial charge in [0.2, 0.25) is 5.91 Å². The summed E-state index contributed by atoms with van der Waals surface area (Å²) in [5, 5.41) is 7.76. The van der Waals surface area contributed by atoms with E-state index in [0.29, 0.717) is 0 Å². The van der Waals surface area contributed by atoms with Crippen LogP contribution >= 0.6 is 0 Å². The van der Waals surface area contributed by atoms with Gasteiger partial charge in [-0.05, 0) is 6.07 Å². The predicted octanol–water partition coefficient (Wildman–Crippen LogP) is 0.782. The van der Waals surface area contributed by atoms with Gasteiger partial charge in [0.25, 0.3) is 0 Å². The van der Waals surface area contributed by atoms with Crippen LogP contribution in [0, 0.1) is 0 Å². The van der Waals surface area contributed by atoms with Crippen LogP contribution in [0.1, 0.15) is 0 Å². The van der Waals surface area contributed by atoms with Gasteiger partial charge in [-0.15, -0.1) is 0 Å². The molecule has 14 heavy (non-hydrogen) atoms. The van der Waals surface area contributed by atoms with Gasteiger partial charge in [0.05, 0.1) is 11.7 Å². The van der Waals surface area contributed by atoms with Gasteiger partial charge < -0.3 is 5.32 Å². The predicted molar refractivity (Wildman–Crippen MR) is 53.8 cm³/mol. The fraction of sp³-hybridized carbons (Fsp3) is 0.200. The molecule has 0 aliphatic heterocycles. The zero-order valence-corrected chi connectivity index (χ0v) is 7.90. The van der Waals surface area contributed by atoms with Crippen molar-refractivity contribution in [1.29, 1.82) is 0 Å². The molecule has 72 valence electrons. The molecule has 0 unspecified atom stereocenters. The number of amides is 1. The van der Waals surface area contributed by atoms with Gasteiger partial charge in [-0.1, -0.05) is 18.2 Å². The maximum Gasteiger partial charge on any atom is 0.241 e. The Morgan fingerprint density at radius 1 is 1.50 bits per heavy atom. The summed E-state index contributed by atoms with van der Waals surface area (Å²) in [4.78, 5) is 11.2. The number of likely N-dealkylation sites (N-methyl/N-ethyl adjacent to an activating group) is 1. The molecule has 2 rings (SSSR count). The summed E-state index contributed by atoms with van der Waals surface area (Å²) in [5.41, 5.74) is 0.983. The lowest BCUT2D eigenvalue weighted by Gasteiger charge is -2.01. The molecule has 0 bridgehead atoms. The van der Waals surface area contributed by atoms with Crippen LogP contribution in [-0.4, -0.2) is 22.7 Å². The van der Waals surface area contributed by atoms with E-state index in [2.05, 4.69) is 10.4 Å². The molecular weight excluding hydrogens is 178 g/mol. The summed E-state index contributed by atoms with van der Waals surface area (Å²) in [6.45, 7) is 0.268. The highest BCUT2D eigenvalue weighted by atomic mass is 16.1. The van der Waals surface area contributed by atoms with E-state index in [4.69, 9.17) is 0 Å². The van der Waals surface area contributed by atoms with Gasteiger partial charge in [-0.25, -0.2) is 0 Å². The Balaban J connectivity index is 2.38. The second-order valence-electron chi connectivity index (χ2n) is 3.03. The Labute approximate surface area is 81.5 Å². The fourth-order valence-corrected chi connectivity index (χ4v) is 1.37. The zero-order valence-electron chi connectivity index (χ0n) is 7.90. The maximum atomic E-state index is 11.2. The van der Waals surface area contributed by atoms with Crippen molar-refractivity contribution in [2.75, 3.05) is 7.05 Å². The van der Waals surface area contributed by atoms with Crippen LogP contribution in [0.2, 0.25) is 0 Å². The van der Waals surface area contributed by atoms with Crippen molar-refractivity contribution in [3.8, 4) is 0 Å². The molecule has 4 heteroatoms. The van der Waals surface area contributed by atoms with Crippen molar-refractivity contribution in [1.82, 2.24) is 15.1 Å². The molecule has 1 aromatic carbocycles. The molecule has 1 aromatic heterocycles. The normalized spacial score (nSPS) is 10.4. The van der Waals surface area contributed by atoms with Crippen LogP contribution in [0.15, 0.2) is 30.5 Å². The summed E-state index contributed by atoms with van der Waals surface area (Å²) in [6.07, 6.45) is 1.76. The molecule has 1 amide bonds. The van der Waals surface area contributed by atoms with Gasteiger partial charge in [0.1, 0.15) is 6.54 Å². The van der Waals surface area contributed by atoms with Crippen molar-refractivity contribution in [3.63, 3.8) is 0 Å². The number of carbonyl (C=O) groups excluding carboxylic acids is 1. The molecule has 1 heterocycles. The van der Waals surface area contributed by atoms with Crippen LogP contribution in [0.3, 0.4) is 0 Å². The summed E-state index contributed by atoms with van der Waals surface area (Å²) < 4.78 is 1.69. The van der Waals surface area contributed by atoms with E-state index in [1.165, 1.54) is 0 Å². The summed E-state index contributed by atoms with van der Waals surface area (Å²) in [7, 11) is 1.62. The molecular formula is C10H11N3O. The van der Waals surface area contributed by atoms with Crippen LogP contribution in [0.4, 0.5) is 0 Å². The zero-order chi connectivity index (χ0) is 9.97. The summed E-state index contributed by atoms with van der Waals surface area (Å²) in [6, 6.07) is 7.81. The molecule has 0 radical (unpaired) electrons. The van der Waals surface area contributed by atoms with E-state index in [-0.39, 0.29) is 12.5 Å². The third kappa shape index (κ3) is 1.46. The van der Waals surface area contributed by atoms with E-state index >= 15 is 0 Å². The van der Waals surface area contributed by atoms with Crippen LogP contribution in [0.25, 0.3) is 10.9 Å². The second-order valence-corrected chi connectivity index (χ2v) is 3.03. The van der Waals surface area contributed by atoms with E-state index in [9.17, 15) is 4.79 Å². The minimum Gasteiger partial charge on any atom is -0.358 e. The second kappa shape index (κ2) is 3.49. The molecule has 0 aliphatic rings. The first-order valence-electron chi connectivity index (χ1n) is 4.42. The summed E-state index contributed by atoms with van der Waals surface area (Å²) >= 11 is 0. The van der Waals surface area contributed by atoms with E-state index in [0.717, 1.165) is 10.9 Å². The van der Waals surface area contributed by atoms with Crippen molar-refractivity contribution in [3.05, 3.63) is 30.5 Å². The first kappa shape index (κ1) is 8.74. The molecule has 0 aliphatic carbocycles. The van der Waals surface area contributed by atoms with Crippen molar-refractivity contribution in [2.24, 2.45) is 0 Å². The number of nitrogens with one attached hydrogen (secondary N) is 1. The average Bonchev–Trinajstić information content (AvgIpc) is 2.62. The minimum absolute atomic E-state index is 0.0427. The SMILES string of the molecule is CNC(=O)Cn1ncc2ccccc21. The monoisotopic (exact) mass is 189 g/mol. The molecule has 0 spiro atoms. The fourth-order valence-electron chi connectivity index (χ4n) is 1.37. The number of benzene rings is 1. The van der Waals surface area contributed by atoms with Crippen LogP contribution in [0.5, 0.6) is 0 Å². The van der Waals surface area contributed by atoms with Crippen molar-refractivity contribution in [2.45, 2.75) is 6.54 Å². The quantitative estimate of drug-likeness (QED) is 0.759. The molecule has 2 aromatic rings. The van der Waals surface area contributed by atoms with Crippen LogP contribution in [-0.2, 0) is 11.3 Å². The lowest BCUT2D eigenvalue weighted by atomic mass is 10.2. The lowest BCUT2D eigenvalue weighted by molar-refractivity contribution is -0.121. The third-order valence-corrected chi connectivity index (χ3v) is 2.12. The largest absolute Gasteiger partial charge is 0.358 e. The van der Waals surface area contributed by atoms with Gasteiger partial charge in [-0.3, -0.25) is 9.48 Å². The maximum absolute atomic E-state index is 11.2. The first-order valence-corrected chi connectivity index (χ1v) is 4.42. The topological polar surface area (TPSA) is 46.9 Å². The van der Waals surface area contributed by atoms with E-state index in [1.54, 1.807) is 17.9 Å². The first-order chi connectivity index (χ1) is 6.81. The highest BCUT2D eigenvalue weighted by Crippen LogP contribution is 2.11. The lowest BCUT2D eigenvalue weighted by Crippen LogP contribution is -2.23. The number of rotatable bonds is 2. The Morgan fingerprint density at radius 3 is 3.07 bits per heavy atom. The standard InChI is InChI=1S/C10H11N3O/c1-11-10(14)7-13-9-5-3-2-4-8(9)6-12-13/h2-6H,7H2,1H3,(H,11,14). The third-order valence-electron chi connectivity index (χ3n) is 2.12. The Morgan fingerprint density at radius 2 is 2.29 bits per heavy atom. The van der Waals surface area contributed by atoms with Gasteiger partial charge in [0.15, 0.2) is 0 Å². The molecule has 0 fully saturated rings. The Kier molecular flexibility index (Phi) is 2.18. The number of hydrogen-bond donors (Lipinski definition) is 1. The molecule has 4 nitrogen and oxygen atoms in total. The highest BCUT2D eigenvalue weighted by molar-refractivity contribution is 5.81. The smallest absolute Gasteiger partial charge is 0.241 e. The number of carbonyl (C=O) groups is 1. The number of para-hydroxylation sites is 1. The van der Waals surface area contributed by atoms with E-state index < -0.39 is 0 Å². The Hall–Kier alpha value is -1.84. The molecule has 1 N–H and O–H groups in total. The van der Waals surface area contributed by atoms with Crippen LogP contribution < -0.4 is 5.32 Å². The van der Waals surface area contributed by atoms with Gasteiger partial charge >= 0.3 is 0 Å². The number of hydrogen-bond acceptors (Lipinski definition) is 2. The number of nitrogens with zero attached hydrogens (tertiary/aromatic N) is 2. The summed E-state index contributed by atoms with van der Waals surface area (Å²) in [5.74, 6) is -0.0427. The molecule has 0 saturated heterocycles. The molecule has 0 saturated carbocycles. The average molecular weight is 189 g/mol. The van der Waals surface area contributed by atoms with Crippen molar-refractivity contribution >= 4 is 16.8 Å². The number of aromatic nitrogens is 2. The molecule has 0 atom stereocenters. The minimum atomic E-state index is -0.0427. The van der Waals surface area contributed by atoms with Crippen molar-refractivity contribution < 1.29 is 4.79 Å². The van der Waals surface area contributed by atoms with Gasteiger partial charge in [-0.2, -0.15) is 5.10 Å². The number of fused-ring (bicyclic) bond motifs is 1. The highest BCUT2D eigenvalue weighted by Gasteiger charge is 2.04.